The smallest absolute Gasteiger partial charge is 0.266 e. The molecule has 0 atom stereocenters. The molecule has 126 valence electrons. The molecule has 24 heavy (non-hydrogen) atoms. The Morgan fingerprint density at radius 3 is 2.71 bits per heavy atom. The minimum atomic E-state index is -3.89. The van der Waals surface area contributed by atoms with E-state index in [1.807, 2.05) is 19.1 Å². The average Bonchev–Trinajstić information content (AvgIpc) is 2.54. The van der Waals surface area contributed by atoms with Gasteiger partial charge in [0.1, 0.15) is 5.02 Å². The Morgan fingerprint density at radius 2 is 2.00 bits per heavy atom. The molecule has 0 amide bonds. The number of rotatable bonds is 3. The van der Waals surface area contributed by atoms with Crippen LogP contribution in [0.4, 0.5) is 11.4 Å². The van der Waals surface area contributed by atoms with Gasteiger partial charge in [-0.2, -0.15) is 0 Å². The van der Waals surface area contributed by atoms with Crippen molar-refractivity contribution in [2.45, 2.75) is 24.7 Å². The van der Waals surface area contributed by atoms with Gasteiger partial charge < -0.3 is 0 Å². The van der Waals surface area contributed by atoms with Crippen LogP contribution in [0.15, 0.2) is 41.3 Å². The number of halogens is 1. The molecule has 0 unspecified atom stereocenters. The maximum atomic E-state index is 13.0. The van der Waals surface area contributed by atoms with Gasteiger partial charge in [-0.3, -0.25) is 14.4 Å². The first kappa shape index (κ1) is 16.7. The first-order valence-corrected chi connectivity index (χ1v) is 9.19. The zero-order valence-corrected chi connectivity index (χ0v) is 14.5. The standard InChI is InChI=1S/C16H15ClN2O4S/c1-11-4-2-6-15-13(11)5-3-9-18(15)24(22,23)12-7-8-14(17)16(10-12)19(20)21/h2,4,6-8,10H,3,5,9H2,1H3. The van der Waals surface area contributed by atoms with Crippen LogP contribution in [0.25, 0.3) is 0 Å². The third-order valence-electron chi connectivity index (χ3n) is 4.14. The Hall–Kier alpha value is -2.12. The number of aryl methyl sites for hydroxylation is 1. The molecule has 0 radical (unpaired) electrons. The van der Waals surface area contributed by atoms with Crippen molar-refractivity contribution < 1.29 is 13.3 Å². The van der Waals surface area contributed by atoms with Gasteiger partial charge in [-0.15, -0.1) is 0 Å². The van der Waals surface area contributed by atoms with Gasteiger partial charge in [-0.1, -0.05) is 23.7 Å². The zero-order chi connectivity index (χ0) is 17.5. The summed E-state index contributed by atoms with van der Waals surface area (Å²) < 4.78 is 27.3. The molecule has 0 N–H and O–H groups in total. The van der Waals surface area contributed by atoms with E-state index in [4.69, 9.17) is 11.6 Å². The highest BCUT2D eigenvalue weighted by Gasteiger charge is 2.31. The third-order valence-corrected chi connectivity index (χ3v) is 6.27. The van der Waals surface area contributed by atoms with Crippen LogP contribution < -0.4 is 4.31 Å². The van der Waals surface area contributed by atoms with E-state index in [1.165, 1.54) is 16.4 Å². The molecule has 0 saturated carbocycles. The second kappa shape index (κ2) is 6.07. The molecule has 2 aromatic rings. The van der Waals surface area contributed by atoms with Crippen LogP contribution in [0.2, 0.25) is 5.02 Å². The Morgan fingerprint density at radius 1 is 1.25 bits per heavy atom. The summed E-state index contributed by atoms with van der Waals surface area (Å²) in [5.41, 5.74) is 2.25. The molecule has 0 spiro atoms. The monoisotopic (exact) mass is 366 g/mol. The van der Waals surface area contributed by atoms with Gasteiger partial charge in [0.15, 0.2) is 0 Å². The van der Waals surface area contributed by atoms with Gasteiger partial charge in [-0.05, 0) is 49.1 Å². The lowest BCUT2D eigenvalue weighted by atomic mass is 9.99. The van der Waals surface area contributed by atoms with Crippen LogP contribution in [-0.2, 0) is 16.4 Å². The SMILES string of the molecule is Cc1cccc2c1CCCN2S(=O)(=O)c1ccc(Cl)c([N+](=O)[O-])c1. The highest BCUT2D eigenvalue weighted by molar-refractivity contribution is 7.92. The van der Waals surface area contributed by atoms with E-state index in [0.29, 0.717) is 18.7 Å². The molecule has 2 aromatic carbocycles. The summed E-state index contributed by atoms with van der Waals surface area (Å²) in [5.74, 6) is 0. The molecule has 1 aliphatic heterocycles. The summed E-state index contributed by atoms with van der Waals surface area (Å²) in [6.07, 6.45) is 1.52. The fourth-order valence-electron chi connectivity index (χ4n) is 2.94. The molecule has 0 aromatic heterocycles. The van der Waals surface area contributed by atoms with Crippen molar-refractivity contribution in [3.8, 4) is 0 Å². The third kappa shape index (κ3) is 2.74. The molecule has 1 aliphatic rings. The van der Waals surface area contributed by atoms with E-state index < -0.39 is 20.6 Å². The van der Waals surface area contributed by atoms with Crippen LogP contribution in [0.5, 0.6) is 0 Å². The van der Waals surface area contributed by atoms with Crippen molar-refractivity contribution in [2.24, 2.45) is 0 Å². The van der Waals surface area contributed by atoms with Gasteiger partial charge in [0, 0.05) is 12.6 Å². The first-order valence-electron chi connectivity index (χ1n) is 7.37. The van der Waals surface area contributed by atoms with E-state index in [9.17, 15) is 18.5 Å². The van der Waals surface area contributed by atoms with Gasteiger partial charge in [0.2, 0.25) is 0 Å². The van der Waals surface area contributed by atoms with Crippen LogP contribution in [0.1, 0.15) is 17.5 Å². The Kier molecular flexibility index (Phi) is 4.23. The topological polar surface area (TPSA) is 80.5 Å². The number of sulfonamides is 1. The first-order chi connectivity index (χ1) is 11.3. The average molecular weight is 367 g/mol. The second-order valence-electron chi connectivity index (χ2n) is 5.62. The van der Waals surface area contributed by atoms with Gasteiger partial charge in [-0.25, -0.2) is 8.42 Å². The normalized spacial score (nSPS) is 14.3. The van der Waals surface area contributed by atoms with E-state index in [2.05, 4.69) is 0 Å². The highest BCUT2D eigenvalue weighted by Crippen LogP contribution is 2.35. The quantitative estimate of drug-likeness (QED) is 0.612. The summed E-state index contributed by atoms with van der Waals surface area (Å²) in [5, 5.41) is 10.9. The van der Waals surface area contributed by atoms with Gasteiger partial charge in [0.05, 0.1) is 15.5 Å². The predicted molar refractivity (Wildman–Crippen MR) is 92.1 cm³/mol. The minimum absolute atomic E-state index is 0.0890. The molecule has 0 fully saturated rings. The lowest BCUT2D eigenvalue weighted by Gasteiger charge is -2.31. The largest absolute Gasteiger partial charge is 0.289 e. The maximum Gasteiger partial charge on any atom is 0.289 e. The highest BCUT2D eigenvalue weighted by atomic mass is 35.5. The summed E-state index contributed by atoms with van der Waals surface area (Å²) in [4.78, 5) is 10.2. The van der Waals surface area contributed by atoms with E-state index >= 15 is 0 Å². The Bertz CT molecular complexity index is 928. The van der Waals surface area contributed by atoms with Crippen molar-refractivity contribution in [3.63, 3.8) is 0 Å². The number of nitrogens with zero attached hydrogens (tertiary/aromatic N) is 2. The van der Waals surface area contributed by atoms with Gasteiger partial charge in [0.25, 0.3) is 15.7 Å². The molecule has 8 heteroatoms. The van der Waals surface area contributed by atoms with E-state index in [1.54, 1.807) is 6.07 Å². The molecule has 1 heterocycles. The van der Waals surface area contributed by atoms with Crippen molar-refractivity contribution in [1.29, 1.82) is 0 Å². The fourth-order valence-corrected chi connectivity index (χ4v) is 4.68. The summed E-state index contributed by atoms with van der Waals surface area (Å²) in [7, 11) is -3.89. The van der Waals surface area contributed by atoms with Crippen molar-refractivity contribution in [1.82, 2.24) is 0 Å². The summed E-state index contributed by atoms with van der Waals surface area (Å²) in [6.45, 7) is 2.29. The van der Waals surface area contributed by atoms with Crippen molar-refractivity contribution in [3.05, 3.63) is 62.7 Å². The Balaban J connectivity index is 2.12. The molecule has 0 aliphatic carbocycles. The second-order valence-corrected chi connectivity index (χ2v) is 7.89. The number of nitro groups is 1. The maximum absolute atomic E-state index is 13.0. The molecular weight excluding hydrogens is 352 g/mol. The van der Waals surface area contributed by atoms with Gasteiger partial charge >= 0.3 is 0 Å². The Labute approximate surface area is 144 Å². The number of benzene rings is 2. The predicted octanol–water partition coefficient (Wildman–Crippen LogP) is 3.70. The number of nitro benzene ring substituents is 1. The van der Waals surface area contributed by atoms with E-state index in [0.717, 1.165) is 23.6 Å². The number of anilines is 1. The molecular formula is C16H15ClN2O4S. The van der Waals surface area contributed by atoms with E-state index in [-0.39, 0.29) is 9.92 Å². The van der Waals surface area contributed by atoms with Crippen molar-refractivity contribution in [2.75, 3.05) is 10.8 Å². The number of hydrogen-bond acceptors (Lipinski definition) is 4. The van der Waals surface area contributed by atoms with Crippen molar-refractivity contribution >= 4 is 33.0 Å². The summed E-state index contributed by atoms with van der Waals surface area (Å²) >= 11 is 5.78. The van der Waals surface area contributed by atoms with Crippen LogP contribution in [0, 0.1) is 17.0 Å². The van der Waals surface area contributed by atoms with Crippen LogP contribution >= 0.6 is 11.6 Å². The molecule has 3 rings (SSSR count). The molecule has 0 saturated heterocycles. The zero-order valence-electron chi connectivity index (χ0n) is 12.9. The number of fused-ring (bicyclic) bond motifs is 1. The lowest BCUT2D eigenvalue weighted by molar-refractivity contribution is -0.384. The lowest BCUT2D eigenvalue weighted by Crippen LogP contribution is -2.35. The fraction of sp³-hybridized carbons (Fsp3) is 0.250. The van der Waals surface area contributed by atoms with Crippen LogP contribution in [-0.4, -0.2) is 19.9 Å². The molecule has 0 bridgehead atoms. The van der Waals surface area contributed by atoms with Crippen LogP contribution in [0.3, 0.4) is 0 Å². The summed E-state index contributed by atoms with van der Waals surface area (Å²) in [6, 6.07) is 9.09. The minimum Gasteiger partial charge on any atom is -0.266 e. The molecule has 6 nitrogen and oxygen atoms in total. The number of hydrogen-bond donors (Lipinski definition) is 0.